The van der Waals surface area contributed by atoms with Gasteiger partial charge in [0, 0.05) is 16.6 Å². The third-order valence-corrected chi connectivity index (χ3v) is 3.75. The van der Waals surface area contributed by atoms with Crippen LogP contribution in [0.3, 0.4) is 0 Å². The van der Waals surface area contributed by atoms with Crippen LogP contribution in [0.2, 0.25) is 0 Å². The summed E-state index contributed by atoms with van der Waals surface area (Å²) in [6.07, 6.45) is 0. The number of nitrogens with two attached hydrogens (primary N) is 1. The van der Waals surface area contributed by atoms with Crippen LogP contribution in [0.5, 0.6) is 11.5 Å². The van der Waals surface area contributed by atoms with Gasteiger partial charge < -0.3 is 10.5 Å². The van der Waals surface area contributed by atoms with Gasteiger partial charge in [0.15, 0.2) is 0 Å². The summed E-state index contributed by atoms with van der Waals surface area (Å²) < 4.78 is 20.1. The third kappa shape index (κ3) is 2.91. The van der Waals surface area contributed by atoms with Gasteiger partial charge in [-0.15, -0.1) is 0 Å². The second-order valence-corrected chi connectivity index (χ2v) is 5.31. The van der Waals surface area contributed by atoms with E-state index in [0.717, 1.165) is 10.0 Å². The van der Waals surface area contributed by atoms with Gasteiger partial charge in [-0.05, 0) is 46.3 Å². The summed E-state index contributed by atoms with van der Waals surface area (Å²) >= 11 is 6.54. The first-order valence-electron chi connectivity index (χ1n) is 5.22. The molecule has 2 N–H and O–H groups in total. The molecule has 0 atom stereocenters. The van der Waals surface area contributed by atoms with Crippen molar-refractivity contribution in [3.8, 4) is 11.5 Å². The molecular formula is C13H10Br2FNO. The molecule has 0 saturated heterocycles. The van der Waals surface area contributed by atoms with Crippen LogP contribution in [0.1, 0.15) is 5.56 Å². The van der Waals surface area contributed by atoms with Crippen LogP contribution in [0.15, 0.2) is 45.3 Å². The summed E-state index contributed by atoms with van der Waals surface area (Å²) in [5.74, 6) is 0.886. The van der Waals surface area contributed by atoms with Crippen LogP contribution >= 0.6 is 31.9 Å². The summed E-state index contributed by atoms with van der Waals surface area (Å²) in [5.41, 5.74) is 6.55. The Labute approximate surface area is 121 Å². The van der Waals surface area contributed by atoms with E-state index in [2.05, 4.69) is 31.9 Å². The molecule has 94 valence electrons. The fourth-order valence-electron chi connectivity index (χ4n) is 1.50. The minimum Gasteiger partial charge on any atom is -0.457 e. The van der Waals surface area contributed by atoms with Crippen molar-refractivity contribution in [2.24, 2.45) is 5.73 Å². The number of rotatable bonds is 3. The average molecular weight is 375 g/mol. The molecule has 0 aromatic heterocycles. The van der Waals surface area contributed by atoms with Gasteiger partial charge in [-0.2, -0.15) is 0 Å². The molecule has 0 aliphatic heterocycles. The van der Waals surface area contributed by atoms with Crippen LogP contribution in [-0.2, 0) is 6.54 Å². The van der Waals surface area contributed by atoms with E-state index < -0.39 is 0 Å². The highest BCUT2D eigenvalue weighted by molar-refractivity contribution is 9.10. The number of hydrogen-bond acceptors (Lipinski definition) is 2. The molecule has 5 heteroatoms. The van der Waals surface area contributed by atoms with Crippen molar-refractivity contribution < 1.29 is 9.13 Å². The lowest BCUT2D eigenvalue weighted by Gasteiger charge is -2.11. The smallest absolute Gasteiger partial charge is 0.137 e. The number of hydrogen-bond donors (Lipinski definition) is 1. The monoisotopic (exact) mass is 373 g/mol. The SMILES string of the molecule is NCc1c(Br)cccc1Oc1ccc(F)c(Br)c1. The number of benzene rings is 2. The molecule has 18 heavy (non-hydrogen) atoms. The van der Waals surface area contributed by atoms with Crippen LogP contribution in [0.25, 0.3) is 0 Å². The van der Waals surface area contributed by atoms with E-state index in [1.54, 1.807) is 12.1 Å². The highest BCUT2D eigenvalue weighted by Crippen LogP contribution is 2.31. The first-order valence-corrected chi connectivity index (χ1v) is 6.81. The average Bonchev–Trinajstić information content (AvgIpc) is 2.34. The summed E-state index contributed by atoms with van der Waals surface area (Å²) in [6.45, 7) is 0.360. The second kappa shape index (κ2) is 5.82. The summed E-state index contributed by atoms with van der Waals surface area (Å²) in [5, 5.41) is 0. The standard InChI is InChI=1S/C13H10Br2FNO/c14-10-2-1-3-13(9(10)7-17)18-8-4-5-12(16)11(15)6-8/h1-6H,7,17H2. The van der Waals surface area contributed by atoms with Gasteiger partial charge in [-0.3, -0.25) is 0 Å². The number of ether oxygens (including phenoxy) is 1. The molecule has 2 rings (SSSR count). The fraction of sp³-hybridized carbons (Fsp3) is 0.0769. The topological polar surface area (TPSA) is 35.2 Å². The Morgan fingerprint density at radius 1 is 1.11 bits per heavy atom. The molecule has 0 amide bonds. The molecule has 0 heterocycles. The van der Waals surface area contributed by atoms with E-state index in [4.69, 9.17) is 10.5 Å². The molecule has 0 saturated carbocycles. The van der Waals surface area contributed by atoms with E-state index in [-0.39, 0.29) is 5.82 Å². The Morgan fingerprint density at radius 2 is 1.89 bits per heavy atom. The van der Waals surface area contributed by atoms with Crippen molar-refractivity contribution >= 4 is 31.9 Å². The number of halogens is 3. The lowest BCUT2D eigenvalue weighted by Crippen LogP contribution is -2.00. The van der Waals surface area contributed by atoms with Crippen molar-refractivity contribution in [3.63, 3.8) is 0 Å². The lowest BCUT2D eigenvalue weighted by atomic mass is 10.2. The van der Waals surface area contributed by atoms with Crippen molar-refractivity contribution in [2.45, 2.75) is 6.54 Å². The van der Waals surface area contributed by atoms with Gasteiger partial charge >= 0.3 is 0 Å². The van der Waals surface area contributed by atoms with Gasteiger partial charge in [-0.25, -0.2) is 4.39 Å². The van der Waals surface area contributed by atoms with Crippen molar-refractivity contribution in [3.05, 3.63) is 56.7 Å². The molecule has 2 aromatic carbocycles. The molecule has 0 unspecified atom stereocenters. The minimum absolute atomic E-state index is 0.323. The van der Waals surface area contributed by atoms with Crippen LogP contribution in [0, 0.1) is 5.82 Å². The first-order chi connectivity index (χ1) is 8.61. The van der Waals surface area contributed by atoms with Gasteiger partial charge in [0.05, 0.1) is 4.47 Å². The molecule has 2 aromatic rings. The Balaban J connectivity index is 2.34. The maximum absolute atomic E-state index is 13.1. The quantitative estimate of drug-likeness (QED) is 0.851. The molecule has 0 aliphatic rings. The van der Waals surface area contributed by atoms with E-state index >= 15 is 0 Å². The Hall–Kier alpha value is -0.910. The zero-order valence-electron chi connectivity index (χ0n) is 9.29. The second-order valence-electron chi connectivity index (χ2n) is 3.60. The minimum atomic E-state index is -0.323. The van der Waals surface area contributed by atoms with Crippen LogP contribution in [0.4, 0.5) is 4.39 Å². The van der Waals surface area contributed by atoms with Crippen LogP contribution < -0.4 is 10.5 Å². The van der Waals surface area contributed by atoms with Crippen LogP contribution in [-0.4, -0.2) is 0 Å². The largest absolute Gasteiger partial charge is 0.457 e. The highest BCUT2D eigenvalue weighted by atomic mass is 79.9. The Bertz CT molecular complexity index is 575. The maximum atomic E-state index is 13.1. The zero-order valence-corrected chi connectivity index (χ0v) is 12.5. The molecule has 0 bridgehead atoms. The fourth-order valence-corrected chi connectivity index (χ4v) is 2.37. The molecule has 0 aliphatic carbocycles. The van der Waals surface area contributed by atoms with E-state index in [1.807, 2.05) is 18.2 Å². The highest BCUT2D eigenvalue weighted by Gasteiger charge is 2.08. The predicted octanol–water partition coefficient (Wildman–Crippen LogP) is 4.60. The third-order valence-electron chi connectivity index (χ3n) is 2.40. The summed E-state index contributed by atoms with van der Waals surface area (Å²) in [6, 6.07) is 10.1. The van der Waals surface area contributed by atoms with E-state index in [9.17, 15) is 4.39 Å². The predicted molar refractivity (Wildman–Crippen MR) is 76.2 cm³/mol. The van der Waals surface area contributed by atoms with E-state index in [0.29, 0.717) is 22.5 Å². The molecule has 2 nitrogen and oxygen atoms in total. The van der Waals surface area contributed by atoms with Gasteiger partial charge in [-0.1, -0.05) is 22.0 Å². The summed E-state index contributed by atoms with van der Waals surface area (Å²) in [4.78, 5) is 0. The lowest BCUT2D eigenvalue weighted by molar-refractivity contribution is 0.473. The zero-order chi connectivity index (χ0) is 13.1. The van der Waals surface area contributed by atoms with Gasteiger partial charge in [0.25, 0.3) is 0 Å². The van der Waals surface area contributed by atoms with Crippen molar-refractivity contribution in [2.75, 3.05) is 0 Å². The molecular weight excluding hydrogens is 365 g/mol. The molecule has 0 fully saturated rings. The van der Waals surface area contributed by atoms with Gasteiger partial charge in [0.2, 0.25) is 0 Å². The van der Waals surface area contributed by atoms with E-state index in [1.165, 1.54) is 6.07 Å². The first kappa shape index (κ1) is 13.5. The Kier molecular flexibility index (Phi) is 4.37. The maximum Gasteiger partial charge on any atom is 0.137 e. The molecule has 0 spiro atoms. The van der Waals surface area contributed by atoms with Crippen molar-refractivity contribution in [1.82, 2.24) is 0 Å². The normalized spacial score (nSPS) is 10.4. The Morgan fingerprint density at radius 3 is 2.56 bits per heavy atom. The molecule has 0 radical (unpaired) electrons. The van der Waals surface area contributed by atoms with Gasteiger partial charge in [0.1, 0.15) is 17.3 Å². The summed E-state index contributed by atoms with van der Waals surface area (Å²) in [7, 11) is 0. The van der Waals surface area contributed by atoms with Crippen molar-refractivity contribution in [1.29, 1.82) is 0 Å².